The van der Waals surface area contributed by atoms with E-state index >= 15 is 0 Å². The molecular weight excluding hydrogens is 244 g/mol. The minimum atomic E-state index is -0.268. The second-order valence-corrected chi connectivity index (χ2v) is 5.99. The summed E-state index contributed by atoms with van der Waals surface area (Å²) in [6, 6.07) is 8.56. The molecule has 2 aliphatic rings. The number of hydrogen-bond donors (Lipinski definition) is 0. The van der Waals surface area contributed by atoms with E-state index in [0.29, 0.717) is 5.75 Å². The Morgan fingerprint density at radius 2 is 2.22 bits per heavy atom. The van der Waals surface area contributed by atoms with Crippen molar-refractivity contribution in [1.82, 2.24) is 0 Å². The first-order valence-electron chi connectivity index (χ1n) is 6.11. The zero-order valence-corrected chi connectivity index (χ0v) is 11.1. The van der Waals surface area contributed by atoms with E-state index in [1.807, 2.05) is 19.2 Å². The van der Waals surface area contributed by atoms with Crippen LogP contribution in [0.1, 0.15) is 24.8 Å². The lowest BCUT2D eigenvalue weighted by molar-refractivity contribution is -0.116. The molecule has 3 nitrogen and oxygen atoms in total. The van der Waals surface area contributed by atoms with E-state index in [-0.39, 0.29) is 11.3 Å². The lowest BCUT2D eigenvalue weighted by atomic mass is 9.65. The highest BCUT2D eigenvalue weighted by molar-refractivity contribution is 8.00. The number of anilines is 1. The first-order valence-corrected chi connectivity index (χ1v) is 7.10. The molecule has 0 unspecified atom stereocenters. The number of amides is 1. The van der Waals surface area contributed by atoms with E-state index in [2.05, 4.69) is 12.1 Å². The maximum absolute atomic E-state index is 11.6. The van der Waals surface area contributed by atoms with Crippen LogP contribution in [0.15, 0.2) is 23.1 Å². The molecule has 92 valence electrons. The average Bonchev–Trinajstić information content (AvgIpc) is 2.33. The summed E-state index contributed by atoms with van der Waals surface area (Å²) in [6.45, 7) is 0. The quantitative estimate of drug-likeness (QED) is 0.778. The molecule has 1 aromatic rings. The van der Waals surface area contributed by atoms with Crippen molar-refractivity contribution in [3.05, 3.63) is 23.8 Å². The molecule has 0 spiro atoms. The minimum Gasteiger partial charge on any atom is -0.314 e. The molecule has 1 aromatic carbocycles. The maximum atomic E-state index is 11.6. The standard InChI is InChI=1S/C14H14N2OS/c1-16-11-4-3-10(14(9-15)5-2-6-14)7-12(11)18-8-13(16)17/h3-4,7H,2,5-6,8H2,1H3. The summed E-state index contributed by atoms with van der Waals surface area (Å²) in [5, 5.41) is 9.37. The summed E-state index contributed by atoms with van der Waals surface area (Å²) in [5.74, 6) is 0.630. The fraction of sp³-hybridized carbons (Fsp3) is 0.429. The molecule has 18 heavy (non-hydrogen) atoms. The number of rotatable bonds is 1. The third-order valence-electron chi connectivity index (χ3n) is 4.02. The fourth-order valence-corrected chi connectivity index (χ4v) is 3.61. The van der Waals surface area contributed by atoms with Gasteiger partial charge in [0.05, 0.1) is 22.9 Å². The molecule has 0 radical (unpaired) electrons. The number of carbonyl (C=O) groups excluding carboxylic acids is 1. The number of nitriles is 1. The van der Waals surface area contributed by atoms with Gasteiger partial charge in [0.1, 0.15) is 0 Å². The van der Waals surface area contributed by atoms with E-state index < -0.39 is 0 Å². The Kier molecular flexibility index (Phi) is 2.60. The Morgan fingerprint density at radius 1 is 1.44 bits per heavy atom. The second kappa shape index (κ2) is 4.03. The molecule has 0 saturated heterocycles. The van der Waals surface area contributed by atoms with Gasteiger partial charge in [-0.1, -0.05) is 6.07 Å². The number of carbonyl (C=O) groups is 1. The average molecular weight is 258 g/mol. The van der Waals surface area contributed by atoms with E-state index in [0.717, 1.165) is 35.4 Å². The number of thioether (sulfide) groups is 1. The number of nitrogens with zero attached hydrogens (tertiary/aromatic N) is 2. The summed E-state index contributed by atoms with van der Waals surface area (Å²) in [6.07, 6.45) is 3.06. The highest BCUT2D eigenvalue weighted by Crippen LogP contribution is 2.46. The van der Waals surface area contributed by atoms with Gasteiger partial charge in [0.15, 0.2) is 0 Å². The van der Waals surface area contributed by atoms with E-state index in [1.54, 1.807) is 16.7 Å². The molecule has 1 aliphatic carbocycles. The van der Waals surface area contributed by atoms with Crippen LogP contribution >= 0.6 is 11.8 Å². The predicted molar refractivity (Wildman–Crippen MR) is 71.7 cm³/mol. The van der Waals surface area contributed by atoms with Crippen LogP contribution in [-0.2, 0) is 10.2 Å². The third-order valence-corrected chi connectivity index (χ3v) is 5.05. The van der Waals surface area contributed by atoms with Gasteiger partial charge in [0.25, 0.3) is 0 Å². The summed E-state index contributed by atoms with van der Waals surface area (Å²) in [4.78, 5) is 14.4. The zero-order chi connectivity index (χ0) is 12.8. The lowest BCUT2D eigenvalue weighted by Crippen LogP contribution is -2.34. The summed E-state index contributed by atoms with van der Waals surface area (Å²) < 4.78 is 0. The molecule has 1 amide bonds. The molecule has 3 rings (SSSR count). The van der Waals surface area contributed by atoms with Crippen LogP contribution in [0, 0.1) is 11.3 Å². The first-order chi connectivity index (χ1) is 8.66. The van der Waals surface area contributed by atoms with Crippen molar-refractivity contribution < 1.29 is 4.79 Å². The van der Waals surface area contributed by atoms with Crippen molar-refractivity contribution >= 4 is 23.4 Å². The lowest BCUT2D eigenvalue weighted by Gasteiger charge is -2.36. The zero-order valence-electron chi connectivity index (χ0n) is 10.3. The monoisotopic (exact) mass is 258 g/mol. The van der Waals surface area contributed by atoms with Crippen molar-refractivity contribution in [3.8, 4) is 6.07 Å². The van der Waals surface area contributed by atoms with Crippen molar-refractivity contribution in [2.75, 3.05) is 17.7 Å². The Hall–Kier alpha value is -1.47. The highest BCUT2D eigenvalue weighted by Gasteiger charge is 2.39. The van der Waals surface area contributed by atoms with Gasteiger partial charge in [-0.05, 0) is 37.0 Å². The summed E-state index contributed by atoms with van der Waals surface area (Å²) >= 11 is 1.58. The maximum Gasteiger partial charge on any atom is 0.237 e. The summed E-state index contributed by atoms with van der Waals surface area (Å²) in [5.41, 5.74) is 1.81. The predicted octanol–water partition coefficient (Wildman–Crippen LogP) is 2.70. The van der Waals surface area contributed by atoms with Crippen LogP contribution in [0.25, 0.3) is 0 Å². The largest absolute Gasteiger partial charge is 0.314 e. The molecule has 1 heterocycles. The summed E-state index contributed by atoms with van der Waals surface area (Å²) in [7, 11) is 1.81. The van der Waals surface area contributed by atoms with Crippen molar-refractivity contribution in [3.63, 3.8) is 0 Å². The normalized spacial score (nSPS) is 20.9. The molecular formula is C14H14N2OS. The third kappa shape index (κ3) is 1.54. The van der Waals surface area contributed by atoms with Gasteiger partial charge in [-0.25, -0.2) is 0 Å². The van der Waals surface area contributed by atoms with Crippen LogP contribution in [0.2, 0.25) is 0 Å². The molecule has 1 saturated carbocycles. The second-order valence-electron chi connectivity index (χ2n) is 4.97. The number of benzene rings is 1. The van der Waals surface area contributed by atoms with E-state index in [4.69, 9.17) is 0 Å². The Labute approximate surface area is 111 Å². The van der Waals surface area contributed by atoms with Crippen LogP contribution in [0.5, 0.6) is 0 Å². The fourth-order valence-electron chi connectivity index (χ4n) is 2.57. The van der Waals surface area contributed by atoms with E-state index in [9.17, 15) is 10.1 Å². The van der Waals surface area contributed by atoms with Gasteiger partial charge < -0.3 is 4.90 Å². The Morgan fingerprint density at radius 3 is 2.83 bits per heavy atom. The first kappa shape index (κ1) is 11.6. The van der Waals surface area contributed by atoms with Gasteiger partial charge >= 0.3 is 0 Å². The Balaban J connectivity index is 2.02. The van der Waals surface area contributed by atoms with Gasteiger partial charge in [-0.2, -0.15) is 5.26 Å². The van der Waals surface area contributed by atoms with Crippen molar-refractivity contribution in [2.24, 2.45) is 0 Å². The van der Waals surface area contributed by atoms with Gasteiger partial charge in [-0.15, -0.1) is 11.8 Å². The van der Waals surface area contributed by atoms with Crippen LogP contribution in [0.4, 0.5) is 5.69 Å². The van der Waals surface area contributed by atoms with Crippen LogP contribution in [0.3, 0.4) is 0 Å². The molecule has 0 bridgehead atoms. The van der Waals surface area contributed by atoms with Gasteiger partial charge in [-0.3, -0.25) is 4.79 Å². The number of fused-ring (bicyclic) bond motifs is 1. The smallest absolute Gasteiger partial charge is 0.237 e. The number of hydrogen-bond acceptors (Lipinski definition) is 3. The van der Waals surface area contributed by atoms with Gasteiger partial charge in [0.2, 0.25) is 5.91 Å². The molecule has 0 N–H and O–H groups in total. The SMILES string of the molecule is CN1C(=O)CSc2cc(C3(C#N)CCC3)ccc21. The molecule has 4 heteroatoms. The Bertz CT molecular complexity index is 557. The van der Waals surface area contributed by atoms with Crippen molar-refractivity contribution in [1.29, 1.82) is 5.26 Å². The molecule has 0 atom stereocenters. The van der Waals surface area contributed by atoms with Crippen LogP contribution < -0.4 is 4.90 Å². The minimum absolute atomic E-state index is 0.138. The molecule has 1 aliphatic heterocycles. The van der Waals surface area contributed by atoms with E-state index in [1.165, 1.54) is 0 Å². The molecule has 0 aromatic heterocycles. The molecule has 1 fully saturated rings. The van der Waals surface area contributed by atoms with Crippen molar-refractivity contribution in [2.45, 2.75) is 29.6 Å². The topological polar surface area (TPSA) is 44.1 Å². The van der Waals surface area contributed by atoms with Crippen LogP contribution in [-0.4, -0.2) is 18.7 Å². The van der Waals surface area contributed by atoms with Gasteiger partial charge in [0, 0.05) is 11.9 Å². The highest BCUT2D eigenvalue weighted by atomic mass is 32.2.